The average Bonchev–Trinajstić information content (AvgIpc) is 3.29. The standard InChI is InChI=1S/C58H34/c1-2-14-43-35(8-1)9-7-17-46(43)50-29-26-42(34-54(50)51-28-23-41-21-19-37-11-6-13-39-25-31-53(51)58(41)56(37)39)44-32-33-48(47-16-4-3-15-45(44)47)49-27-22-40-20-18-36-10-5-12-38-24-30-52(49)57(40)55(36)38/h1-34H. The van der Waals surface area contributed by atoms with Gasteiger partial charge in [0, 0.05) is 0 Å². The molecule has 0 nitrogen and oxygen atoms in total. The Morgan fingerprint density at radius 1 is 0.172 bits per heavy atom. The number of benzene rings is 13. The van der Waals surface area contributed by atoms with Crippen LogP contribution in [0.2, 0.25) is 0 Å². The van der Waals surface area contributed by atoms with E-state index < -0.39 is 0 Å². The maximum absolute atomic E-state index is 2.46. The van der Waals surface area contributed by atoms with Crippen molar-refractivity contribution >= 4 is 86.2 Å². The van der Waals surface area contributed by atoms with E-state index >= 15 is 0 Å². The van der Waals surface area contributed by atoms with Crippen molar-refractivity contribution in [3.8, 4) is 44.5 Å². The third kappa shape index (κ3) is 4.46. The molecule has 0 aliphatic heterocycles. The smallest absolute Gasteiger partial charge is 0.00206 e. The monoisotopic (exact) mass is 730 g/mol. The maximum atomic E-state index is 2.46. The van der Waals surface area contributed by atoms with Crippen LogP contribution < -0.4 is 0 Å². The van der Waals surface area contributed by atoms with Gasteiger partial charge in [-0.15, -0.1) is 0 Å². The summed E-state index contributed by atoms with van der Waals surface area (Å²) < 4.78 is 0. The van der Waals surface area contributed by atoms with Crippen molar-refractivity contribution in [1.29, 1.82) is 0 Å². The summed E-state index contributed by atoms with van der Waals surface area (Å²) in [6.07, 6.45) is 0. The second-order valence-electron chi connectivity index (χ2n) is 15.9. The highest BCUT2D eigenvalue weighted by molar-refractivity contribution is 6.28. The molecule has 0 heteroatoms. The lowest BCUT2D eigenvalue weighted by Gasteiger charge is -2.20. The SMILES string of the molecule is c1ccc2c(-c3ccc(-c4ccc(-c5ccc6ccc7cccc8ccc5c6c78)c5ccccc45)cc3-c3ccc4ccc5cccc6ccc3c4c56)cccc2c1. The van der Waals surface area contributed by atoms with Gasteiger partial charge >= 0.3 is 0 Å². The number of rotatable bonds is 4. The highest BCUT2D eigenvalue weighted by Gasteiger charge is 2.20. The predicted octanol–water partition coefficient (Wildman–Crippen LogP) is 16.5. The fourth-order valence-corrected chi connectivity index (χ4v) is 10.4. The van der Waals surface area contributed by atoms with Crippen molar-refractivity contribution in [1.82, 2.24) is 0 Å². The molecule has 0 saturated heterocycles. The van der Waals surface area contributed by atoms with E-state index in [9.17, 15) is 0 Å². The Kier molecular flexibility index (Phi) is 6.54. The van der Waals surface area contributed by atoms with E-state index in [1.807, 2.05) is 0 Å². The van der Waals surface area contributed by atoms with E-state index in [1.54, 1.807) is 0 Å². The largest absolute Gasteiger partial charge is 0.0616 e. The molecule has 0 aliphatic carbocycles. The van der Waals surface area contributed by atoms with Gasteiger partial charge in [0.2, 0.25) is 0 Å². The minimum Gasteiger partial charge on any atom is -0.0616 e. The molecule has 266 valence electrons. The van der Waals surface area contributed by atoms with Crippen LogP contribution >= 0.6 is 0 Å². The molecule has 13 aromatic rings. The topological polar surface area (TPSA) is 0 Å². The Bertz CT molecular complexity index is 3750. The third-order valence-electron chi connectivity index (χ3n) is 13.0. The van der Waals surface area contributed by atoms with Gasteiger partial charge in [-0.1, -0.05) is 200 Å². The van der Waals surface area contributed by atoms with Crippen molar-refractivity contribution in [2.75, 3.05) is 0 Å². The first-order valence-corrected chi connectivity index (χ1v) is 20.2. The molecule has 0 atom stereocenters. The van der Waals surface area contributed by atoms with Gasteiger partial charge in [-0.2, -0.15) is 0 Å². The molecule has 58 heavy (non-hydrogen) atoms. The van der Waals surface area contributed by atoms with Crippen LogP contribution in [0.15, 0.2) is 206 Å². The van der Waals surface area contributed by atoms with Crippen molar-refractivity contribution in [2.24, 2.45) is 0 Å². The van der Waals surface area contributed by atoms with E-state index in [-0.39, 0.29) is 0 Å². The molecule has 0 bridgehead atoms. The Balaban J connectivity index is 1.07. The van der Waals surface area contributed by atoms with Gasteiger partial charge in [0.05, 0.1) is 0 Å². The molecule has 0 unspecified atom stereocenters. The molecule has 0 spiro atoms. The highest BCUT2D eigenvalue weighted by atomic mass is 14.2. The van der Waals surface area contributed by atoms with Crippen LogP contribution in [0.4, 0.5) is 0 Å². The third-order valence-corrected chi connectivity index (χ3v) is 13.0. The summed E-state index contributed by atoms with van der Waals surface area (Å²) in [5, 5.41) is 20.7. The van der Waals surface area contributed by atoms with Crippen LogP contribution in [0.25, 0.3) is 131 Å². The van der Waals surface area contributed by atoms with Crippen LogP contribution in [0.5, 0.6) is 0 Å². The van der Waals surface area contributed by atoms with Crippen LogP contribution in [-0.2, 0) is 0 Å². The summed E-state index contributed by atoms with van der Waals surface area (Å²) in [5.74, 6) is 0. The first kappa shape index (κ1) is 31.6. The molecule has 0 saturated carbocycles. The van der Waals surface area contributed by atoms with Crippen LogP contribution in [0.3, 0.4) is 0 Å². The minimum atomic E-state index is 1.21. The van der Waals surface area contributed by atoms with Gasteiger partial charge in [-0.25, -0.2) is 0 Å². The van der Waals surface area contributed by atoms with E-state index in [1.165, 1.54) is 131 Å². The molecule has 0 N–H and O–H groups in total. The fraction of sp³-hybridized carbons (Fsp3) is 0. The Labute approximate surface area is 335 Å². The van der Waals surface area contributed by atoms with Gasteiger partial charge in [0.1, 0.15) is 0 Å². The summed E-state index contributed by atoms with van der Waals surface area (Å²) in [6, 6.07) is 77.3. The molecule has 0 fully saturated rings. The minimum absolute atomic E-state index is 1.21. The molecule has 13 rings (SSSR count). The molecule has 0 radical (unpaired) electrons. The quantitative estimate of drug-likeness (QED) is 0.158. The van der Waals surface area contributed by atoms with Crippen molar-refractivity contribution < 1.29 is 0 Å². The lowest BCUT2D eigenvalue weighted by atomic mass is 9.84. The second kappa shape index (κ2) is 12.0. The fourth-order valence-electron chi connectivity index (χ4n) is 10.4. The highest BCUT2D eigenvalue weighted by Crippen LogP contribution is 2.47. The lowest BCUT2D eigenvalue weighted by molar-refractivity contribution is 1.60. The summed E-state index contributed by atoms with van der Waals surface area (Å²) in [4.78, 5) is 0. The Morgan fingerprint density at radius 2 is 0.552 bits per heavy atom. The van der Waals surface area contributed by atoms with E-state index in [2.05, 4.69) is 206 Å². The summed E-state index contributed by atoms with van der Waals surface area (Å²) in [6.45, 7) is 0. The zero-order chi connectivity index (χ0) is 37.9. The van der Waals surface area contributed by atoms with Crippen molar-refractivity contribution in [2.45, 2.75) is 0 Å². The molecule has 0 aliphatic rings. The van der Waals surface area contributed by atoms with Crippen LogP contribution in [0.1, 0.15) is 0 Å². The molecular weight excluding hydrogens is 697 g/mol. The van der Waals surface area contributed by atoms with Crippen molar-refractivity contribution in [3.05, 3.63) is 206 Å². The normalized spacial score (nSPS) is 12.1. The molecule has 0 aromatic heterocycles. The second-order valence-corrected chi connectivity index (χ2v) is 15.9. The number of hydrogen-bond donors (Lipinski definition) is 0. The molecular formula is C58H34. The zero-order valence-electron chi connectivity index (χ0n) is 31.6. The Hall–Kier alpha value is -7.54. The Morgan fingerprint density at radius 3 is 1.19 bits per heavy atom. The van der Waals surface area contributed by atoms with Crippen LogP contribution in [-0.4, -0.2) is 0 Å². The van der Waals surface area contributed by atoms with E-state index in [4.69, 9.17) is 0 Å². The maximum Gasteiger partial charge on any atom is -0.00206 e. The van der Waals surface area contributed by atoms with Gasteiger partial charge in [0.15, 0.2) is 0 Å². The first-order valence-electron chi connectivity index (χ1n) is 20.2. The average molecular weight is 731 g/mol. The van der Waals surface area contributed by atoms with Crippen molar-refractivity contribution in [3.63, 3.8) is 0 Å². The summed E-state index contributed by atoms with van der Waals surface area (Å²) in [7, 11) is 0. The first-order chi connectivity index (χ1) is 28.8. The van der Waals surface area contributed by atoms with Gasteiger partial charge < -0.3 is 0 Å². The summed E-state index contributed by atoms with van der Waals surface area (Å²) >= 11 is 0. The molecule has 0 heterocycles. The lowest BCUT2D eigenvalue weighted by Crippen LogP contribution is -1.93. The van der Waals surface area contributed by atoms with Crippen LogP contribution in [0, 0.1) is 0 Å². The van der Waals surface area contributed by atoms with Gasteiger partial charge in [-0.05, 0) is 137 Å². The molecule has 0 amide bonds. The van der Waals surface area contributed by atoms with Gasteiger partial charge in [0.25, 0.3) is 0 Å². The number of hydrogen-bond acceptors (Lipinski definition) is 0. The zero-order valence-corrected chi connectivity index (χ0v) is 31.6. The van der Waals surface area contributed by atoms with E-state index in [0.717, 1.165) is 0 Å². The molecule has 13 aromatic carbocycles. The summed E-state index contributed by atoms with van der Waals surface area (Å²) in [5.41, 5.74) is 9.97. The van der Waals surface area contributed by atoms with E-state index in [0.29, 0.717) is 0 Å². The predicted molar refractivity (Wildman–Crippen MR) is 251 cm³/mol. The number of fused-ring (bicyclic) bond motifs is 2. The van der Waals surface area contributed by atoms with Gasteiger partial charge in [-0.3, -0.25) is 0 Å².